The average Bonchev–Trinajstić information content (AvgIpc) is 2.45. The number of hydrogen-bond acceptors (Lipinski definition) is 4. The van der Waals surface area contributed by atoms with Crippen molar-refractivity contribution in [1.29, 1.82) is 0 Å². The Hall–Kier alpha value is -0.810. The summed E-state index contributed by atoms with van der Waals surface area (Å²) in [4.78, 5) is 11.6. The lowest BCUT2D eigenvalue weighted by atomic mass is 9.94. The largest absolute Gasteiger partial charge is 0.461 e. The summed E-state index contributed by atoms with van der Waals surface area (Å²) >= 11 is 12.1. The van der Waals surface area contributed by atoms with Crippen molar-refractivity contribution in [3.8, 4) is 0 Å². The molecular weight excluding hydrogens is 313 g/mol. The SMILES string of the molecule is CC1CC(Cc2ccc(Cl)cc2Cl)COC[C@H](N)C(=O)O1. The molecule has 2 unspecified atom stereocenters. The second-order valence-corrected chi connectivity index (χ2v) is 6.28. The summed E-state index contributed by atoms with van der Waals surface area (Å²) in [7, 11) is 0. The van der Waals surface area contributed by atoms with Gasteiger partial charge in [0.25, 0.3) is 0 Å². The first kappa shape index (κ1) is 16.6. The summed E-state index contributed by atoms with van der Waals surface area (Å²) in [6.07, 6.45) is 1.26. The summed E-state index contributed by atoms with van der Waals surface area (Å²) in [5.74, 6) is -0.204. The Balaban J connectivity index is 2.05. The number of carbonyl (C=O) groups excluding carboxylic acids is 1. The Morgan fingerprint density at radius 3 is 2.81 bits per heavy atom. The van der Waals surface area contributed by atoms with Crippen LogP contribution in [0.25, 0.3) is 0 Å². The van der Waals surface area contributed by atoms with Crippen LogP contribution in [-0.4, -0.2) is 31.3 Å². The highest BCUT2D eigenvalue weighted by atomic mass is 35.5. The maximum Gasteiger partial charge on any atom is 0.325 e. The van der Waals surface area contributed by atoms with Gasteiger partial charge in [-0.15, -0.1) is 0 Å². The van der Waals surface area contributed by atoms with E-state index in [1.165, 1.54) is 0 Å². The van der Waals surface area contributed by atoms with Crippen LogP contribution >= 0.6 is 23.2 Å². The summed E-state index contributed by atoms with van der Waals surface area (Å²) in [5.41, 5.74) is 6.69. The molecule has 1 aliphatic rings. The lowest BCUT2D eigenvalue weighted by molar-refractivity contribution is -0.150. The van der Waals surface area contributed by atoms with Crippen molar-refractivity contribution in [2.24, 2.45) is 11.7 Å². The molecular formula is C15H19Cl2NO3. The van der Waals surface area contributed by atoms with Crippen molar-refractivity contribution < 1.29 is 14.3 Å². The zero-order valence-corrected chi connectivity index (χ0v) is 13.4. The fraction of sp³-hybridized carbons (Fsp3) is 0.533. The number of nitrogens with two attached hydrogens (primary N) is 1. The molecule has 6 heteroatoms. The standard InChI is InChI=1S/C15H19Cl2NO3/c1-9-4-10(7-20-8-14(18)15(19)21-9)5-11-2-3-12(16)6-13(11)17/h2-3,6,9-10,14H,4-5,7-8,18H2,1H3/t9?,10?,14-/m0/s1. The van der Waals surface area contributed by atoms with Crippen LogP contribution in [0.1, 0.15) is 18.9 Å². The van der Waals surface area contributed by atoms with Crippen LogP contribution in [0.2, 0.25) is 10.0 Å². The molecule has 1 aromatic carbocycles. The smallest absolute Gasteiger partial charge is 0.325 e. The molecule has 1 heterocycles. The minimum absolute atomic E-state index is 0.177. The van der Waals surface area contributed by atoms with Crippen molar-refractivity contribution in [3.63, 3.8) is 0 Å². The predicted molar refractivity (Wildman–Crippen MR) is 82.6 cm³/mol. The third kappa shape index (κ3) is 4.85. The van der Waals surface area contributed by atoms with E-state index in [0.29, 0.717) is 23.1 Å². The molecule has 0 bridgehead atoms. The first-order chi connectivity index (χ1) is 9.95. The Bertz CT molecular complexity index is 510. The second-order valence-electron chi connectivity index (χ2n) is 5.43. The number of rotatable bonds is 2. The van der Waals surface area contributed by atoms with Gasteiger partial charge in [-0.25, -0.2) is 0 Å². The molecule has 3 atom stereocenters. The number of carbonyl (C=O) groups is 1. The predicted octanol–water partition coefficient (Wildman–Crippen LogP) is 2.83. The summed E-state index contributed by atoms with van der Waals surface area (Å²) < 4.78 is 10.8. The van der Waals surface area contributed by atoms with E-state index in [0.717, 1.165) is 12.0 Å². The Morgan fingerprint density at radius 2 is 2.10 bits per heavy atom. The number of benzene rings is 1. The van der Waals surface area contributed by atoms with Crippen molar-refractivity contribution in [1.82, 2.24) is 0 Å². The summed E-state index contributed by atoms with van der Waals surface area (Å²) in [6, 6.07) is 4.75. The van der Waals surface area contributed by atoms with Crippen LogP contribution in [0, 0.1) is 5.92 Å². The molecule has 21 heavy (non-hydrogen) atoms. The van der Waals surface area contributed by atoms with Gasteiger partial charge >= 0.3 is 5.97 Å². The topological polar surface area (TPSA) is 61.5 Å². The molecule has 1 aliphatic heterocycles. The van der Waals surface area contributed by atoms with E-state index in [1.54, 1.807) is 6.07 Å². The third-order valence-electron chi connectivity index (χ3n) is 3.46. The van der Waals surface area contributed by atoms with Gasteiger partial charge in [0.1, 0.15) is 6.04 Å². The van der Waals surface area contributed by atoms with Gasteiger partial charge in [0, 0.05) is 16.7 Å². The van der Waals surface area contributed by atoms with Gasteiger partial charge in [-0.1, -0.05) is 29.3 Å². The van der Waals surface area contributed by atoms with Crippen molar-refractivity contribution >= 4 is 29.2 Å². The first-order valence-corrected chi connectivity index (χ1v) is 7.69. The van der Waals surface area contributed by atoms with E-state index in [4.69, 9.17) is 38.4 Å². The average molecular weight is 332 g/mol. The fourth-order valence-electron chi connectivity index (χ4n) is 2.44. The lowest BCUT2D eigenvalue weighted by Gasteiger charge is -2.20. The Morgan fingerprint density at radius 1 is 1.33 bits per heavy atom. The highest BCUT2D eigenvalue weighted by Gasteiger charge is 2.24. The zero-order valence-electron chi connectivity index (χ0n) is 11.9. The van der Waals surface area contributed by atoms with E-state index in [2.05, 4.69) is 0 Å². The van der Waals surface area contributed by atoms with Crippen LogP contribution in [0.15, 0.2) is 18.2 Å². The molecule has 4 nitrogen and oxygen atoms in total. The van der Waals surface area contributed by atoms with Crippen molar-refractivity contribution in [2.75, 3.05) is 13.2 Å². The van der Waals surface area contributed by atoms with Crippen LogP contribution in [-0.2, 0) is 20.7 Å². The highest BCUT2D eigenvalue weighted by molar-refractivity contribution is 6.35. The van der Waals surface area contributed by atoms with Gasteiger partial charge in [-0.2, -0.15) is 0 Å². The molecule has 1 aromatic rings. The molecule has 1 saturated heterocycles. The Kier molecular flexibility index (Phi) is 5.88. The van der Waals surface area contributed by atoms with Gasteiger partial charge in [0.15, 0.2) is 0 Å². The molecule has 0 saturated carbocycles. The summed E-state index contributed by atoms with van der Waals surface area (Å²) in [5, 5.41) is 1.26. The quantitative estimate of drug-likeness (QED) is 0.846. The van der Waals surface area contributed by atoms with E-state index < -0.39 is 12.0 Å². The molecule has 2 rings (SSSR count). The second kappa shape index (κ2) is 7.45. The summed E-state index contributed by atoms with van der Waals surface area (Å²) in [6.45, 7) is 2.57. The normalized spacial score (nSPS) is 27.4. The molecule has 2 N–H and O–H groups in total. The van der Waals surface area contributed by atoms with E-state index in [9.17, 15) is 4.79 Å². The monoisotopic (exact) mass is 331 g/mol. The van der Waals surface area contributed by atoms with Gasteiger partial charge in [-0.3, -0.25) is 4.79 Å². The number of esters is 1. The molecule has 0 spiro atoms. The number of ether oxygens (including phenoxy) is 2. The van der Waals surface area contributed by atoms with Crippen molar-refractivity contribution in [2.45, 2.75) is 31.9 Å². The van der Waals surface area contributed by atoms with Crippen LogP contribution < -0.4 is 5.73 Å². The third-order valence-corrected chi connectivity index (χ3v) is 4.05. The number of hydrogen-bond donors (Lipinski definition) is 1. The molecule has 0 aromatic heterocycles. The highest BCUT2D eigenvalue weighted by Crippen LogP contribution is 2.26. The molecule has 0 aliphatic carbocycles. The molecule has 116 valence electrons. The molecule has 0 amide bonds. The van der Waals surface area contributed by atoms with Crippen molar-refractivity contribution in [3.05, 3.63) is 33.8 Å². The zero-order chi connectivity index (χ0) is 15.4. The van der Waals surface area contributed by atoms with Crippen LogP contribution in [0.4, 0.5) is 0 Å². The van der Waals surface area contributed by atoms with E-state index >= 15 is 0 Å². The molecule has 1 fully saturated rings. The maximum absolute atomic E-state index is 11.6. The van der Waals surface area contributed by atoms with Gasteiger partial charge in [-0.05, 0) is 43.4 Å². The van der Waals surface area contributed by atoms with E-state index in [1.807, 2.05) is 19.1 Å². The number of cyclic esters (lactones) is 1. The number of halogens is 2. The molecule has 0 radical (unpaired) electrons. The van der Waals surface area contributed by atoms with E-state index in [-0.39, 0.29) is 18.6 Å². The minimum atomic E-state index is -0.717. The van der Waals surface area contributed by atoms with Gasteiger partial charge in [0.05, 0.1) is 12.7 Å². The minimum Gasteiger partial charge on any atom is -0.461 e. The first-order valence-electron chi connectivity index (χ1n) is 6.93. The lowest BCUT2D eigenvalue weighted by Crippen LogP contribution is -2.37. The van der Waals surface area contributed by atoms with Crippen LogP contribution in [0.5, 0.6) is 0 Å². The Labute approximate surface area is 134 Å². The fourth-order valence-corrected chi connectivity index (χ4v) is 2.93. The van der Waals surface area contributed by atoms with Crippen LogP contribution in [0.3, 0.4) is 0 Å². The van der Waals surface area contributed by atoms with Gasteiger partial charge in [0.2, 0.25) is 0 Å². The maximum atomic E-state index is 11.6. The van der Waals surface area contributed by atoms with Gasteiger partial charge < -0.3 is 15.2 Å².